The fourth-order valence-electron chi connectivity index (χ4n) is 2.89. The lowest BCUT2D eigenvalue weighted by atomic mass is 9.82. The maximum Gasteiger partial charge on any atom is 0.0644 e. The lowest BCUT2D eigenvalue weighted by Gasteiger charge is -2.34. The number of hydrogen-bond acceptors (Lipinski definition) is 2. The molecule has 0 aromatic rings. The van der Waals surface area contributed by atoms with Crippen LogP contribution in [0.5, 0.6) is 0 Å². The van der Waals surface area contributed by atoms with E-state index in [9.17, 15) is 0 Å². The highest BCUT2D eigenvalue weighted by Gasteiger charge is 2.47. The Kier molecular flexibility index (Phi) is 3.09. The Bertz CT molecular complexity index is 215. The Balaban J connectivity index is 1.93. The van der Waals surface area contributed by atoms with Crippen LogP contribution in [0.15, 0.2) is 0 Å². The van der Waals surface area contributed by atoms with Crippen LogP contribution in [0.1, 0.15) is 52.9 Å². The van der Waals surface area contributed by atoms with Crippen molar-refractivity contribution in [2.24, 2.45) is 5.41 Å². The van der Waals surface area contributed by atoms with Gasteiger partial charge in [-0.05, 0) is 39.5 Å². The topological polar surface area (TPSA) is 21.3 Å². The van der Waals surface area contributed by atoms with Crippen molar-refractivity contribution in [3.05, 3.63) is 0 Å². The zero-order valence-electron chi connectivity index (χ0n) is 10.4. The molecule has 2 fully saturated rings. The minimum Gasteiger partial charge on any atom is -0.378 e. The second-order valence-electron chi connectivity index (χ2n) is 5.96. The zero-order valence-corrected chi connectivity index (χ0v) is 10.4. The van der Waals surface area contributed by atoms with E-state index in [1.165, 1.54) is 32.1 Å². The van der Waals surface area contributed by atoms with Gasteiger partial charge in [-0.2, -0.15) is 0 Å². The van der Waals surface area contributed by atoms with Crippen molar-refractivity contribution < 1.29 is 4.74 Å². The molecule has 0 amide bonds. The molecule has 0 aromatic carbocycles. The first kappa shape index (κ1) is 11.4. The van der Waals surface area contributed by atoms with Crippen molar-refractivity contribution >= 4 is 0 Å². The predicted molar refractivity (Wildman–Crippen MR) is 63.0 cm³/mol. The lowest BCUT2D eigenvalue weighted by molar-refractivity contribution is 0.0665. The highest BCUT2D eigenvalue weighted by molar-refractivity contribution is 4.99. The monoisotopic (exact) mass is 211 g/mol. The van der Waals surface area contributed by atoms with E-state index in [4.69, 9.17) is 4.74 Å². The SMILES string of the molecule is CCC(C)(C)NC[C@]12CCC[C@H]1OCC2. The maximum atomic E-state index is 5.84. The number of rotatable bonds is 4. The van der Waals surface area contributed by atoms with Crippen molar-refractivity contribution in [1.29, 1.82) is 0 Å². The van der Waals surface area contributed by atoms with Crippen molar-refractivity contribution in [3.8, 4) is 0 Å². The van der Waals surface area contributed by atoms with Crippen LogP contribution < -0.4 is 5.32 Å². The molecule has 2 nitrogen and oxygen atoms in total. The van der Waals surface area contributed by atoms with E-state index in [-0.39, 0.29) is 5.54 Å². The molecule has 1 heterocycles. The van der Waals surface area contributed by atoms with Gasteiger partial charge in [0.1, 0.15) is 0 Å². The Morgan fingerprint density at radius 3 is 2.93 bits per heavy atom. The van der Waals surface area contributed by atoms with E-state index in [0.717, 1.165) is 13.2 Å². The molecule has 2 rings (SSSR count). The first-order valence-corrected chi connectivity index (χ1v) is 6.45. The molecule has 1 N–H and O–H groups in total. The van der Waals surface area contributed by atoms with Gasteiger partial charge in [-0.25, -0.2) is 0 Å². The molecule has 1 saturated carbocycles. The van der Waals surface area contributed by atoms with Gasteiger partial charge in [-0.3, -0.25) is 0 Å². The van der Waals surface area contributed by atoms with E-state index in [1.807, 2.05) is 0 Å². The van der Waals surface area contributed by atoms with Crippen LogP contribution in [-0.4, -0.2) is 24.8 Å². The number of fused-ring (bicyclic) bond motifs is 1. The molecule has 0 aromatic heterocycles. The van der Waals surface area contributed by atoms with Crippen LogP contribution >= 0.6 is 0 Å². The normalized spacial score (nSPS) is 35.8. The van der Waals surface area contributed by atoms with Gasteiger partial charge in [0.2, 0.25) is 0 Å². The first-order chi connectivity index (χ1) is 7.08. The van der Waals surface area contributed by atoms with Gasteiger partial charge in [0.15, 0.2) is 0 Å². The average molecular weight is 211 g/mol. The van der Waals surface area contributed by atoms with Crippen LogP contribution in [0.2, 0.25) is 0 Å². The van der Waals surface area contributed by atoms with E-state index >= 15 is 0 Å². The molecule has 1 aliphatic carbocycles. The molecule has 0 unspecified atom stereocenters. The summed E-state index contributed by atoms with van der Waals surface area (Å²) in [6, 6.07) is 0. The Labute approximate surface area is 93.8 Å². The van der Waals surface area contributed by atoms with Crippen LogP contribution in [0.25, 0.3) is 0 Å². The summed E-state index contributed by atoms with van der Waals surface area (Å²) in [5.41, 5.74) is 0.761. The quantitative estimate of drug-likeness (QED) is 0.772. The minimum atomic E-state index is 0.282. The highest BCUT2D eigenvalue weighted by atomic mass is 16.5. The van der Waals surface area contributed by atoms with E-state index in [2.05, 4.69) is 26.1 Å². The predicted octanol–water partition coefficient (Wildman–Crippen LogP) is 2.72. The lowest BCUT2D eigenvalue weighted by Crippen LogP contribution is -2.46. The van der Waals surface area contributed by atoms with Gasteiger partial charge in [0.25, 0.3) is 0 Å². The summed E-state index contributed by atoms with van der Waals surface area (Å²) in [6.07, 6.45) is 7.02. The van der Waals surface area contributed by atoms with Gasteiger partial charge in [0, 0.05) is 24.1 Å². The molecule has 2 heteroatoms. The van der Waals surface area contributed by atoms with Crippen LogP contribution in [-0.2, 0) is 4.74 Å². The summed E-state index contributed by atoms with van der Waals surface area (Å²) in [4.78, 5) is 0. The molecule has 15 heavy (non-hydrogen) atoms. The fourth-order valence-corrected chi connectivity index (χ4v) is 2.89. The Hall–Kier alpha value is -0.0800. The van der Waals surface area contributed by atoms with E-state index in [1.54, 1.807) is 0 Å². The summed E-state index contributed by atoms with van der Waals surface area (Å²) >= 11 is 0. The van der Waals surface area contributed by atoms with Gasteiger partial charge < -0.3 is 10.1 Å². The standard InChI is InChI=1S/C13H25NO/c1-4-12(2,3)14-10-13-7-5-6-11(13)15-9-8-13/h11,14H,4-10H2,1-3H3/t11-,13-/m1/s1. The molecule has 2 aliphatic rings. The molecule has 0 radical (unpaired) electrons. The average Bonchev–Trinajstić information content (AvgIpc) is 2.73. The first-order valence-electron chi connectivity index (χ1n) is 6.45. The Morgan fingerprint density at radius 1 is 1.40 bits per heavy atom. The molecule has 1 saturated heterocycles. The number of nitrogens with one attached hydrogen (secondary N) is 1. The van der Waals surface area contributed by atoms with Crippen molar-refractivity contribution in [2.75, 3.05) is 13.2 Å². The molecule has 0 bridgehead atoms. The third-order valence-electron chi connectivity index (χ3n) is 4.55. The number of ether oxygens (including phenoxy) is 1. The summed E-state index contributed by atoms with van der Waals surface area (Å²) in [5.74, 6) is 0. The van der Waals surface area contributed by atoms with Gasteiger partial charge in [-0.1, -0.05) is 13.3 Å². The van der Waals surface area contributed by atoms with Crippen LogP contribution in [0.3, 0.4) is 0 Å². The molecular weight excluding hydrogens is 186 g/mol. The third kappa shape index (κ3) is 2.21. The van der Waals surface area contributed by atoms with E-state index in [0.29, 0.717) is 11.5 Å². The molecule has 1 aliphatic heterocycles. The second-order valence-corrected chi connectivity index (χ2v) is 5.96. The number of hydrogen-bond donors (Lipinski definition) is 1. The molecule has 0 spiro atoms. The smallest absolute Gasteiger partial charge is 0.0644 e. The molecule has 88 valence electrons. The largest absolute Gasteiger partial charge is 0.378 e. The summed E-state index contributed by atoms with van der Waals surface area (Å²) < 4.78 is 5.84. The summed E-state index contributed by atoms with van der Waals surface area (Å²) in [5, 5.41) is 3.73. The fraction of sp³-hybridized carbons (Fsp3) is 1.00. The molecule has 2 atom stereocenters. The van der Waals surface area contributed by atoms with Crippen LogP contribution in [0.4, 0.5) is 0 Å². The summed E-state index contributed by atoms with van der Waals surface area (Å²) in [7, 11) is 0. The Morgan fingerprint density at radius 2 is 2.20 bits per heavy atom. The van der Waals surface area contributed by atoms with Crippen molar-refractivity contribution in [1.82, 2.24) is 5.32 Å². The van der Waals surface area contributed by atoms with Crippen molar-refractivity contribution in [2.45, 2.75) is 64.5 Å². The van der Waals surface area contributed by atoms with Crippen molar-refractivity contribution in [3.63, 3.8) is 0 Å². The van der Waals surface area contributed by atoms with Gasteiger partial charge in [-0.15, -0.1) is 0 Å². The van der Waals surface area contributed by atoms with Gasteiger partial charge in [0.05, 0.1) is 6.10 Å². The zero-order chi connectivity index (χ0) is 10.9. The van der Waals surface area contributed by atoms with E-state index < -0.39 is 0 Å². The third-order valence-corrected chi connectivity index (χ3v) is 4.55. The van der Waals surface area contributed by atoms with Gasteiger partial charge >= 0.3 is 0 Å². The summed E-state index contributed by atoms with van der Waals surface area (Å²) in [6.45, 7) is 8.98. The minimum absolute atomic E-state index is 0.282. The maximum absolute atomic E-state index is 5.84. The van der Waals surface area contributed by atoms with Crippen LogP contribution in [0, 0.1) is 5.41 Å². The molecular formula is C13H25NO. The highest BCUT2D eigenvalue weighted by Crippen LogP contribution is 2.47. The second kappa shape index (κ2) is 4.06.